The summed E-state index contributed by atoms with van der Waals surface area (Å²) in [5.41, 5.74) is 1.16. The Labute approximate surface area is 145 Å². The molecule has 1 heterocycles. The molecule has 2 atom stereocenters. The van der Waals surface area contributed by atoms with Crippen LogP contribution >= 0.6 is 0 Å². The predicted molar refractivity (Wildman–Crippen MR) is 92.0 cm³/mol. The number of esters is 1. The number of methoxy groups -OCH3 is 1. The predicted octanol–water partition coefficient (Wildman–Crippen LogP) is 2.27. The van der Waals surface area contributed by atoms with Crippen molar-refractivity contribution in [1.29, 1.82) is 0 Å². The molecule has 0 spiro atoms. The highest BCUT2D eigenvalue weighted by molar-refractivity contribution is 5.99. The Bertz CT molecular complexity index is 818. The summed E-state index contributed by atoms with van der Waals surface area (Å²) in [6.45, 7) is 0. The highest BCUT2D eigenvalue weighted by Gasteiger charge is 2.34. The highest BCUT2D eigenvalue weighted by Crippen LogP contribution is 2.25. The minimum absolute atomic E-state index is 0.117. The van der Waals surface area contributed by atoms with Crippen molar-refractivity contribution in [2.75, 3.05) is 7.11 Å². The Kier molecular flexibility index (Phi) is 5.07. The van der Waals surface area contributed by atoms with Gasteiger partial charge in [-0.1, -0.05) is 18.2 Å². The molecule has 25 heavy (non-hydrogen) atoms. The van der Waals surface area contributed by atoms with Crippen molar-refractivity contribution < 1.29 is 19.1 Å². The first kappa shape index (κ1) is 17.1. The number of Topliss-reactive ketones (excluding diaryl/α,β-unsaturated/α-hetero) is 1. The normalized spacial score (nSPS) is 18.6. The number of nitrogens with one attached hydrogen (secondary N) is 1. The number of pyridine rings is 1. The fourth-order valence-corrected chi connectivity index (χ4v) is 3.26. The molecule has 1 aliphatic carbocycles. The van der Waals surface area contributed by atoms with E-state index in [9.17, 15) is 14.4 Å². The van der Waals surface area contributed by atoms with Gasteiger partial charge in [0.05, 0.1) is 18.2 Å². The largest absolute Gasteiger partial charge is 0.467 e. The number of hydrogen-bond acceptors (Lipinski definition) is 5. The summed E-state index contributed by atoms with van der Waals surface area (Å²) in [5.74, 6) is -1.04. The lowest BCUT2D eigenvalue weighted by molar-refractivity contribution is -0.145. The van der Waals surface area contributed by atoms with Gasteiger partial charge in [-0.2, -0.15) is 0 Å². The van der Waals surface area contributed by atoms with Crippen LogP contribution in [0.4, 0.5) is 0 Å². The van der Waals surface area contributed by atoms with Gasteiger partial charge in [-0.3, -0.25) is 14.6 Å². The van der Waals surface area contributed by atoms with Crippen LogP contribution < -0.4 is 5.32 Å². The fraction of sp³-hybridized carbons (Fsp3) is 0.368. The summed E-state index contributed by atoms with van der Waals surface area (Å²) in [7, 11) is 1.28. The maximum absolute atomic E-state index is 12.6. The van der Waals surface area contributed by atoms with Crippen molar-refractivity contribution >= 4 is 28.6 Å². The van der Waals surface area contributed by atoms with Gasteiger partial charge in [0.1, 0.15) is 11.8 Å². The van der Waals surface area contributed by atoms with E-state index in [0.29, 0.717) is 18.4 Å². The molecule has 1 amide bonds. The lowest BCUT2D eigenvalue weighted by Gasteiger charge is -2.28. The van der Waals surface area contributed by atoms with Crippen LogP contribution in [0.3, 0.4) is 0 Å². The molecule has 6 nitrogen and oxygen atoms in total. The number of para-hydroxylation sites is 1. The van der Waals surface area contributed by atoms with Crippen LogP contribution in [-0.2, 0) is 14.3 Å². The molecule has 3 rings (SSSR count). The number of ether oxygens (including phenoxy) is 1. The molecule has 0 aliphatic heterocycles. The number of benzene rings is 1. The van der Waals surface area contributed by atoms with Gasteiger partial charge in [-0.25, -0.2) is 4.79 Å². The molecular weight excluding hydrogens is 320 g/mol. The van der Waals surface area contributed by atoms with E-state index in [1.54, 1.807) is 6.07 Å². The monoisotopic (exact) mass is 340 g/mol. The van der Waals surface area contributed by atoms with Gasteiger partial charge in [0.25, 0.3) is 5.91 Å². The standard InChI is InChI=1S/C19H20N2O4/c1-25-19(24)17(13-6-4-7-15(22)10-13)21-18(23)14-9-12-5-2-3-8-16(12)20-11-14/h2-3,5,8-9,11,13,17H,4,6-7,10H2,1H3,(H,21,23)/t13-,17-/m1/s1. The molecule has 1 N–H and O–H groups in total. The van der Waals surface area contributed by atoms with Gasteiger partial charge >= 0.3 is 5.97 Å². The molecule has 0 radical (unpaired) electrons. The first-order valence-electron chi connectivity index (χ1n) is 8.33. The number of ketones is 1. The van der Waals surface area contributed by atoms with Crippen LogP contribution in [0.25, 0.3) is 10.9 Å². The maximum Gasteiger partial charge on any atom is 0.328 e. The third kappa shape index (κ3) is 3.84. The van der Waals surface area contributed by atoms with Crippen LogP contribution in [0.5, 0.6) is 0 Å². The molecule has 130 valence electrons. The molecule has 2 aromatic rings. The molecular formula is C19H20N2O4. The average molecular weight is 340 g/mol. The molecule has 0 bridgehead atoms. The molecule has 1 saturated carbocycles. The number of aromatic nitrogens is 1. The summed E-state index contributed by atoms with van der Waals surface area (Å²) < 4.78 is 4.83. The number of nitrogens with zero attached hydrogens (tertiary/aromatic N) is 1. The number of rotatable bonds is 4. The van der Waals surface area contributed by atoms with E-state index in [1.165, 1.54) is 13.3 Å². The Morgan fingerprint density at radius 1 is 1.32 bits per heavy atom. The summed E-state index contributed by atoms with van der Waals surface area (Å²) in [5, 5.41) is 3.58. The summed E-state index contributed by atoms with van der Waals surface area (Å²) >= 11 is 0. The van der Waals surface area contributed by atoms with E-state index >= 15 is 0 Å². The van der Waals surface area contributed by atoms with Gasteiger partial charge in [0.15, 0.2) is 0 Å². The second-order valence-corrected chi connectivity index (χ2v) is 6.29. The molecule has 1 aromatic carbocycles. The second kappa shape index (κ2) is 7.42. The Hall–Kier alpha value is -2.76. The molecule has 1 aromatic heterocycles. The van der Waals surface area contributed by atoms with Crippen molar-refractivity contribution in [1.82, 2.24) is 10.3 Å². The quantitative estimate of drug-likeness (QED) is 0.863. The number of carbonyl (C=O) groups is 3. The van der Waals surface area contributed by atoms with Crippen LogP contribution in [0.15, 0.2) is 36.5 Å². The molecule has 1 fully saturated rings. The second-order valence-electron chi connectivity index (χ2n) is 6.29. The molecule has 6 heteroatoms. The topological polar surface area (TPSA) is 85.4 Å². The van der Waals surface area contributed by atoms with Crippen LogP contribution in [-0.4, -0.2) is 35.8 Å². The number of carbonyl (C=O) groups excluding carboxylic acids is 3. The van der Waals surface area contributed by atoms with Gasteiger partial charge in [0.2, 0.25) is 0 Å². The number of fused-ring (bicyclic) bond motifs is 1. The third-order valence-corrected chi connectivity index (χ3v) is 4.59. The van der Waals surface area contributed by atoms with E-state index in [4.69, 9.17) is 4.74 Å². The lowest BCUT2D eigenvalue weighted by atomic mass is 9.83. The number of hydrogen-bond donors (Lipinski definition) is 1. The van der Waals surface area contributed by atoms with E-state index in [0.717, 1.165) is 17.3 Å². The smallest absolute Gasteiger partial charge is 0.328 e. The fourth-order valence-electron chi connectivity index (χ4n) is 3.26. The van der Waals surface area contributed by atoms with Crippen molar-refractivity contribution in [3.63, 3.8) is 0 Å². The maximum atomic E-state index is 12.6. The summed E-state index contributed by atoms with van der Waals surface area (Å²) in [4.78, 5) is 40.7. The average Bonchev–Trinajstić information content (AvgIpc) is 2.64. The SMILES string of the molecule is COC(=O)[C@H](NC(=O)c1cnc2ccccc2c1)[C@@H]1CCCC(=O)C1. The van der Waals surface area contributed by atoms with Gasteiger partial charge in [-0.05, 0) is 30.9 Å². The van der Waals surface area contributed by atoms with Gasteiger partial charge in [-0.15, -0.1) is 0 Å². The molecule has 1 aliphatic rings. The van der Waals surface area contributed by atoms with Gasteiger partial charge < -0.3 is 10.1 Å². The Morgan fingerprint density at radius 3 is 2.88 bits per heavy atom. The minimum atomic E-state index is -0.826. The molecule has 0 saturated heterocycles. The zero-order valence-electron chi connectivity index (χ0n) is 14.0. The van der Waals surface area contributed by atoms with E-state index < -0.39 is 17.9 Å². The lowest BCUT2D eigenvalue weighted by Crippen LogP contribution is -2.48. The van der Waals surface area contributed by atoms with E-state index in [2.05, 4.69) is 10.3 Å². The van der Waals surface area contributed by atoms with Gasteiger partial charge in [0, 0.05) is 24.4 Å². The van der Waals surface area contributed by atoms with Crippen molar-refractivity contribution in [2.45, 2.75) is 31.7 Å². The van der Waals surface area contributed by atoms with Crippen molar-refractivity contribution in [3.8, 4) is 0 Å². The third-order valence-electron chi connectivity index (χ3n) is 4.59. The highest BCUT2D eigenvalue weighted by atomic mass is 16.5. The zero-order valence-corrected chi connectivity index (χ0v) is 14.0. The van der Waals surface area contributed by atoms with Crippen molar-refractivity contribution in [3.05, 3.63) is 42.1 Å². The van der Waals surface area contributed by atoms with E-state index in [1.807, 2.05) is 24.3 Å². The minimum Gasteiger partial charge on any atom is -0.467 e. The summed E-state index contributed by atoms with van der Waals surface area (Å²) in [6, 6.07) is 8.39. The molecule has 0 unspecified atom stereocenters. The van der Waals surface area contributed by atoms with Crippen LogP contribution in [0.1, 0.15) is 36.0 Å². The Balaban J connectivity index is 1.81. The summed E-state index contributed by atoms with van der Waals surface area (Å²) in [6.07, 6.45) is 3.74. The zero-order chi connectivity index (χ0) is 17.8. The first-order valence-corrected chi connectivity index (χ1v) is 8.33. The van der Waals surface area contributed by atoms with Crippen LogP contribution in [0.2, 0.25) is 0 Å². The van der Waals surface area contributed by atoms with E-state index in [-0.39, 0.29) is 18.1 Å². The first-order chi connectivity index (χ1) is 12.1. The van der Waals surface area contributed by atoms with Crippen LogP contribution in [0, 0.1) is 5.92 Å². The number of amides is 1. The van der Waals surface area contributed by atoms with Crippen molar-refractivity contribution in [2.24, 2.45) is 5.92 Å². The Morgan fingerprint density at radius 2 is 2.12 bits per heavy atom.